The lowest BCUT2D eigenvalue weighted by molar-refractivity contribution is -0.129. The summed E-state index contributed by atoms with van der Waals surface area (Å²) in [6, 6.07) is 30.4. The summed E-state index contributed by atoms with van der Waals surface area (Å²) in [6.45, 7) is 0.721. The van der Waals surface area contributed by atoms with Crippen molar-refractivity contribution >= 4 is 55.3 Å². The number of aliphatic imine (C=N–C) groups is 1. The predicted molar refractivity (Wildman–Crippen MR) is 172 cm³/mol. The lowest BCUT2D eigenvalue weighted by Gasteiger charge is -2.31. The molecule has 6 nitrogen and oxygen atoms in total. The normalized spacial score (nSPS) is 17.8. The van der Waals surface area contributed by atoms with Gasteiger partial charge in [-0.2, -0.15) is 0 Å². The number of carbonyl (C=O) groups is 1. The highest BCUT2D eigenvalue weighted by Gasteiger charge is 2.54. The van der Waals surface area contributed by atoms with Crippen molar-refractivity contribution in [2.45, 2.75) is 31.0 Å². The van der Waals surface area contributed by atoms with Crippen LogP contribution in [0.1, 0.15) is 34.8 Å². The van der Waals surface area contributed by atoms with Gasteiger partial charge in [0.25, 0.3) is 5.91 Å². The second kappa shape index (κ2) is 13.9. The third-order valence-corrected chi connectivity index (χ3v) is 8.90. The number of aliphatic hydroxyl groups is 1. The Hall–Kier alpha value is -3.17. The molecule has 4 aromatic rings. The van der Waals surface area contributed by atoms with Gasteiger partial charge >= 0.3 is 0 Å². The molecule has 4 aromatic carbocycles. The van der Waals surface area contributed by atoms with Gasteiger partial charge in [0, 0.05) is 51.1 Å². The fraction of sp³-hybridized carbons (Fsp3) is 0.212. The van der Waals surface area contributed by atoms with E-state index in [9.17, 15) is 4.79 Å². The van der Waals surface area contributed by atoms with Gasteiger partial charge in [0.2, 0.25) is 5.90 Å². The monoisotopic (exact) mass is 710 g/mol. The molecule has 0 unspecified atom stereocenters. The minimum atomic E-state index is -1.35. The highest BCUT2D eigenvalue weighted by molar-refractivity contribution is 9.10. The van der Waals surface area contributed by atoms with Crippen LogP contribution in [0.5, 0.6) is 5.75 Å². The third kappa shape index (κ3) is 6.73. The number of carbonyl (C=O) groups excluding carboxylic acids is 1. The van der Waals surface area contributed by atoms with E-state index in [-0.39, 0.29) is 25.5 Å². The maximum Gasteiger partial charge on any atom is 0.252 e. The van der Waals surface area contributed by atoms with E-state index < -0.39 is 11.6 Å². The molecule has 1 aliphatic rings. The van der Waals surface area contributed by atoms with E-state index in [1.807, 2.05) is 91.0 Å². The van der Waals surface area contributed by atoms with Gasteiger partial charge in [0.05, 0.1) is 6.61 Å². The van der Waals surface area contributed by atoms with Crippen LogP contribution in [0.25, 0.3) is 0 Å². The zero-order valence-electron chi connectivity index (χ0n) is 22.6. The van der Waals surface area contributed by atoms with Crippen molar-refractivity contribution < 1.29 is 19.4 Å². The standard InChI is InChI=1S/C33H29Br2ClN2O4/c34-27-11-4-1-8-23(27)20-33(32(40)37-21-24-9-2-6-13-29(24)36)30(26-10-3-5-12-28(26)35)42-31(38-33)22-14-16-25(17-15-22)41-19-7-18-39/h1-6,8-17,30,39H,7,18-21H2,(H,37,40)/t30-,33-/m1/s1. The Labute approximate surface area is 267 Å². The molecule has 1 heterocycles. The van der Waals surface area contributed by atoms with Crippen LogP contribution in [0.15, 0.2) is 111 Å². The number of nitrogens with zero attached hydrogens (tertiary/aromatic N) is 1. The molecule has 2 atom stereocenters. The second-order valence-corrected chi connectivity index (χ2v) is 12.0. The Morgan fingerprint density at radius 1 is 0.929 bits per heavy atom. The molecule has 1 amide bonds. The van der Waals surface area contributed by atoms with E-state index in [1.165, 1.54) is 0 Å². The van der Waals surface area contributed by atoms with Crippen molar-refractivity contribution in [3.63, 3.8) is 0 Å². The van der Waals surface area contributed by atoms with Gasteiger partial charge in [-0.15, -0.1) is 0 Å². The number of rotatable bonds is 11. The number of aliphatic hydroxyl groups excluding tert-OH is 1. The van der Waals surface area contributed by atoms with Gasteiger partial charge in [-0.25, -0.2) is 4.99 Å². The summed E-state index contributed by atoms with van der Waals surface area (Å²) in [5, 5.41) is 12.7. The lowest BCUT2D eigenvalue weighted by Crippen LogP contribution is -2.49. The molecule has 0 fully saturated rings. The Kier molecular flexibility index (Phi) is 10.0. The van der Waals surface area contributed by atoms with Gasteiger partial charge < -0.3 is 19.9 Å². The molecule has 0 saturated carbocycles. The Morgan fingerprint density at radius 3 is 2.29 bits per heavy atom. The first-order valence-electron chi connectivity index (χ1n) is 13.5. The largest absolute Gasteiger partial charge is 0.494 e. The maximum atomic E-state index is 14.4. The van der Waals surface area contributed by atoms with Crippen LogP contribution < -0.4 is 10.1 Å². The zero-order valence-corrected chi connectivity index (χ0v) is 26.5. The molecule has 0 spiro atoms. The average Bonchev–Trinajstić information content (AvgIpc) is 3.38. The van der Waals surface area contributed by atoms with Crippen molar-refractivity contribution in [1.29, 1.82) is 0 Å². The third-order valence-electron chi connectivity index (χ3n) is 7.03. The number of halogens is 3. The van der Waals surface area contributed by atoms with Gasteiger partial charge in [-0.1, -0.05) is 98.1 Å². The molecule has 1 aliphatic heterocycles. The number of hydrogen-bond donors (Lipinski definition) is 2. The van der Waals surface area contributed by atoms with Crippen LogP contribution in [0, 0.1) is 0 Å². The number of benzene rings is 4. The lowest BCUT2D eigenvalue weighted by atomic mass is 9.82. The van der Waals surface area contributed by atoms with Gasteiger partial charge in [-0.05, 0) is 53.6 Å². The van der Waals surface area contributed by atoms with E-state index in [0.717, 1.165) is 31.2 Å². The van der Waals surface area contributed by atoms with Crippen LogP contribution in [-0.4, -0.2) is 35.7 Å². The summed E-state index contributed by atoms with van der Waals surface area (Å²) in [6.07, 6.45) is 0.0918. The summed E-state index contributed by atoms with van der Waals surface area (Å²) < 4.78 is 14.0. The first-order valence-corrected chi connectivity index (χ1v) is 15.5. The van der Waals surface area contributed by atoms with Crippen molar-refractivity contribution in [1.82, 2.24) is 5.32 Å². The highest BCUT2D eigenvalue weighted by atomic mass is 79.9. The smallest absolute Gasteiger partial charge is 0.252 e. The summed E-state index contributed by atoms with van der Waals surface area (Å²) in [7, 11) is 0. The van der Waals surface area contributed by atoms with Crippen molar-refractivity contribution in [2.24, 2.45) is 4.99 Å². The predicted octanol–water partition coefficient (Wildman–Crippen LogP) is 7.44. The van der Waals surface area contributed by atoms with E-state index in [4.69, 9.17) is 31.2 Å². The summed E-state index contributed by atoms with van der Waals surface area (Å²) in [5.41, 5.74) is 1.90. The van der Waals surface area contributed by atoms with Gasteiger partial charge in [0.1, 0.15) is 5.75 Å². The van der Waals surface area contributed by atoms with Crippen LogP contribution in [0.4, 0.5) is 0 Å². The Morgan fingerprint density at radius 2 is 1.60 bits per heavy atom. The van der Waals surface area contributed by atoms with Crippen LogP contribution in [0.3, 0.4) is 0 Å². The number of ether oxygens (including phenoxy) is 2. The van der Waals surface area contributed by atoms with E-state index in [2.05, 4.69) is 37.2 Å². The fourth-order valence-electron chi connectivity index (χ4n) is 4.85. The minimum Gasteiger partial charge on any atom is -0.494 e. The molecule has 0 aromatic heterocycles. The number of hydrogen-bond acceptors (Lipinski definition) is 5. The quantitative estimate of drug-likeness (QED) is 0.159. The summed E-state index contributed by atoms with van der Waals surface area (Å²) in [5.74, 6) is 0.751. The summed E-state index contributed by atoms with van der Waals surface area (Å²) in [4.78, 5) is 19.5. The molecular weight excluding hydrogens is 684 g/mol. The number of nitrogens with one attached hydrogen (secondary N) is 1. The molecule has 2 N–H and O–H groups in total. The molecule has 0 aliphatic carbocycles. The highest BCUT2D eigenvalue weighted by Crippen LogP contribution is 2.45. The Balaban J connectivity index is 1.58. The molecule has 5 rings (SSSR count). The van der Waals surface area contributed by atoms with Crippen molar-refractivity contribution in [3.05, 3.63) is 133 Å². The molecule has 0 bridgehead atoms. The fourth-order valence-corrected chi connectivity index (χ4v) is 5.97. The molecule has 9 heteroatoms. The zero-order chi connectivity index (χ0) is 29.5. The summed E-state index contributed by atoms with van der Waals surface area (Å²) >= 11 is 13.8. The topological polar surface area (TPSA) is 80.2 Å². The van der Waals surface area contributed by atoms with Gasteiger partial charge in [-0.3, -0.25) is 4.79 Å². The SMILES string of the molecule is O=C(NCc1ccccc1Cl)[C@]1(Cc2ccccc2Br)N=C(c2ccc(OCCCO)cc2)O[C@@H]1c1ccccc1Br. The van der Waals surface area contributed by atoms with E-state index in [1.54, 1.807) is 6.07 Å². The number of amides is 1. The average molecular weight is 713 g/mol. The molecule has 0 saturated heterocycles. The molecule has 42 heavy (non-hydrogen) atoms. The van der Waals surface area contributed by atoms with Crippen molar-refractivity contribution in [2.75, 3.05) is 13.2 Å². The molecule has 0 radical (unpaired) electrons. The first-order chi connectivity index (χ1) is 20.4. The van der Waals surface area contributed by atoms with Gasteiger partial charge in [0.15, 0.2) is 11.6 Å². The minimum absolute atomic E-state index is 0.0668. The van der Waals surface area contributed by atoms with E-state index in [0.29, 0.717) is 29.7 Å². The van der Waals surface area contributed by atoms with E-state index >= 15 is 0 Å². The second-order valence-electron chi connectivity index (χ2n) is 9.85. The Bertz CT molecular complexity index is 1580. The maximum absolute atomic E-state index is 14.4. The van der Waals surface area contributed by atoms with Crippen LogP contribution >= 0.6 is 43.5 Å². The van der Waals surface area contributed by atoms with Crippen LogP contribution in [0.2, 0.25) is 5.02 Å². The van der Waals surface area contributed by atoms with Crippen LogP contribution in [-0.2, 0) is 22.5 Å². The molecule has 216 valence electrons. The molecular formula is C33H29Br2ClN2O4. The van der Waals surface area contributed by atoms with Crippen molar-refractivity contribution in [3.8, 4) is 5.75 Å². The first kappa shape index (κ1) is 30.3.